The molecule has 0 radical (unpaired) electrons. The monoisotopic (exact) mass is 592 g/mol. The lowest BCUT2D eigenvalue weighted by Crippen LogP contribution is -2.47. The fourth-order valence-electron chi connectivity index (χ4n) is 5.94. The van der Waals surface area contributed by atoms with E-state index in [0.29, 0.717) is 39.3 Å². The summed E-state index contributed by atoms with van der Waals surface area (Å²) in [6, 6.07) is 0. The van der Waals surface area contributed by atoms with E-state index in [0.717, 1.165) is 38.5 Å². The van der Waals surface area contributed by atoms with Crippen LogP contribution >= 0.6 is 0 Å². The van der Waals surface area contributed by atoms with E-state index in [9.17, 15) is 14.4 Å². The van der Waals surface area contributed by atoms with Gasteiger partial charge in [-0.25, -0.2) is 0 Å². The molecule has 0 aromatic heterocycles. The molecule has 3 saturated heterocycles. The summed E-state index contributed by atoms with van der Waals surface area (Å²) in [5, 5.41) is 0. The van der Waals surface area contributed by atoms with Crippen LogP contribution in [0.3, 0.4) is 0 Å². The van der Waals surface area contributed by atoms with E-state index in [2.05, 4.69) is 46.8 Å². The van der Waals surface area contributed by atoms with Crippen LogP contribution in [0, 0.1) is 34.5 Å². The van der Waals surface area contributed by atoms with Gasteiger partial charge in [-0.2, -0.15) is 0 Å². The third-order valence-corrected chi connectivity index (χ3v) is 9.30. The van der Waals surface area contributed by atoms with Gasteiger partial charge in [0.15, 0.2) is 0 Å². The number of hydrogen-bond donors (Lipinski definition) is 0. The van der Waals surface area contributed by atoms with Crippen LogP contribution < -0.4 is 0 Å². The zero-order valence-corrected chi connectivity index (χ0v) is 26.3. The zero-order valence-electron chi connectivity index (χ0n) is 26.3. The van der Waals surface area contributed by atoms with Gasteiger partial charge in [0.2, 0.25) is 0 Å². The van der Waals surface area contributed by atoms with Crippen LogP contribution in [0.1, 0.15) is 86.0 Å². The summed E-state index contributed by atoms with van der Waals surface area (Å²) < 4.78 is 32.5. The van der Waals surface area contributed by atoms with E-state index < -0.39 is 11.8 Å². The molecule has 0 amide bonds. The predicted octanol–water partition coefficient (Wildman–Crippen LogP) is 5.04. The number of carbonyl (C=O) groups excluding carboxylic acids is 3. The predicted molar refractivity (Wildman–Crippen MR) is 155 cm³/mol. The fraction of sp³-hybridized carbons (Fsp3) is 0.848. The van der Waals surface area contributed by atoms with Crippen molar-refractivity contribution in [3.63, 3.8) is 0 Å². The minimum absolute atomic E-state index is 0.0437. The van der Waals surface area contributed by atoms with E-state index >= 15 is 0 Å². The van der Waals surface area contributed by atoms with E-state index in [1.807, 2.05) is 0 Å². The van der Waals surface area contributed by atoms with Crippen LogP contribution in [0.4, 0.5) is 0 Å². The Kier molecular flexibility index (Phi) is 11.5. The largest absolute Gasteiger partial charge is 0.463 e. The van der Waals surface area contributed by atoms with Crippen LogP contribution in [0.15, 0.2) is 12.2 Å². The van der Waals surface area contributed by atoms with Gasteiger partial charge in [0.05, 0.1) is 31.7 Å². The smallest absolute Gasteiger partial charge is 0.310 e. The van der Waals surface area contributed by atoms with Crippen LogP contribution in [0.2, 0.25) is 0 Å². The highest BCUT2D eigenvalue weighted by Crippen LogP contribution is 2.49. The maximum atomic E-state index is 13.8. The van der Waals surface area contributed by atoms with E-state index in [1.54, 1.807) is 0 Å². The molecule has 3 heterocycles. The average molecular weight is 593 g/mol. The van der Waals surface area contributed by atoms with Gasteiger partial charge >= 0.3 is 17.9 Å². The molecule has 1 aliphatic carbocycles. The van der Waals surface area contributed by atoms with Gasteiger partial charge in [0.25, 0.3) is 0 Å². The van der Waals surface area contributed by atoms with Crippen molar-refractivity contribution in [2.45, 2.75) is 104 Å². The molecule has 0 aromatic rings. The third-order valence-electron chi connectivity index (χ3n) is 9.30. The SMILES string of the molecule is CCCCCC1C=CC(C(C)(C)CCC(C)(C)CCC(=O)OCC2CO2)C(C(=O)OCC2CO2)C1C(=O)OCC1CO1. The molecular weight excluding hydrogens is 540 g/mol. The quantitative estimate of drug-likeness (QED) is 0.0668. The summed E-state index contributed by atoms with van der Waals surface area (Å²) in [4.78, 5) is 39.7. The third kappa shape index (κ3) is 10.3. The van der Waals surface area contributed by atoms with Crippen LogP contribution in [-0.2, 0) is 42.8 Å². The second kappa shape index (κ2) is 14.7. The van der Waals surface area contributed by atoms with Gasteiger partial charge in [0.1, 0.15) is 38.1 Å². The van der Waals surface area contributed by atoms with Gasteiger partial charge in [0, 0.05) is 6.42 Å². The summed E-state index contributed by atoms with van der Waals surface area (Å²) in [7, 11) is 0. The second-order valence-corrected chi connectivity index (χ2v) is 14.1. The molecule has 9 heteroatoms. The van der Waals surface area contributed by atoms with Crippen molar-refractivity contribution in [3.05, 3.63) is 12.2 Å². The Morgan fingerprint density at radius 1 is 0.738 bits per heavy atom. The van der Waals surface area contributed by atoms with Crippen LogP contribution in [0.25, 0.3) is 0 Å². The molecule has 0 saturated carbocycles. The molecule has 42 heavy (non-hydrogen) atoms. The molecule has 4 aliphatic rings. The summed E-state index contributed by atoms with van der Waals surface area (Å²) in [6.45, 7) is 13.5. The highest BCUT2D eigenvalue weighted by molar-refractivity contribution is 5.83. The van der Waals surface area contributed by atoms with Gasteiger partial charge < -0.3 is 28.4 Å². The molecule has 0 spiro atoms. The lowest BCUT2D eigenvalue weighted by molar-refractivity contribution is -0.168. The molecule has 238 valence electrons. The number of epoxide rings is 3. The number of carbonyl (C=O) groups is 3. The molecule has 4 rings (SSSR count). The normalized spacial score (nSPS) is 30.0. The number of allylic oxidation sites excluding steroid dienone is 2. The van der Waals surface area contributed by atoms with Crippen molar-refractivity contribution in [1.82, 2.24) is 0 Å². The second-order valence-electron chi connectivity index (χ2n) is 14.1. The van der Waals surface area contributed by atoms with Crippen molar-refractivity contribution >= 4 is 17.9 Å². The van der Waals surface area contributed by atoms with Gasteiger partial charge in [-0.1, -0.05) is 66.0 Å². The Labute approximate surface area is 251 Å². The van der Waals surface area contributed by atoms with Crippen molar-refractivity contribution in [1.29, 1.82) is 0 Å². The van der Waals surface area contributed by atoms with Crippen LogP contribution in [0.5, 0.6) is 0 Å². The lowest BCUT2D eigenvalue weighted by Gasteiger charge is -2.45. The maximum absolute atomic E-state index is 13.8. The first-order chi connectivity index (χ1) is 20.0. The summed E-state index contributed by atoms with van der Waals surface area (Å²) in [6.07, 6.45) is 11.0. The first-order valence-electron chi connectivity index (χ1n) is 16.0. The standard InChI is InChI=1S/C33H52O9/c1-6-7-8-9-22-10-11-26(33(4,5)15-14-32(2,3)13-12-27(34)40-19-23-16-37-23)29(31(36)42-21-25-18-39-25)28(22)30(35)41-20-24-17-38-24/h10-11,22-26,28-29H,6-9,12-21H2,1-5H3. The van der Waals surface area contributed by atoms with E-state index in [1.165, 1.54) is 0 Å². The van der Waals surface area contributed by atoms with Crippen molar-refractivity contribution in [2.24, 2.45) is 34.5 Å². The molecule has 0 aromatic carbocycles. The molecule has 0 N–H and O–H groups in total. The Bertz CT molecular complexity index is 945. The number of rotatable bonds is 19. The molecule has 3 aliphatic heterocycles. The molecule has 0 bridgehead atoms. The average Bonchev–Trinajstić information content (AvgIpc) is 3.81. The summed E-state index contributed by atoms with van der Waals surface area (Å²) in [5.74, 6) is -2.43. The van der Waals surface area contributed by atoms with Crippen LogP contribution in [-0.4, -0.2) is 75.9 Å². The fourth-order valence-corrected chi connectivity index (χ4v) is 5.94. The summed E-state index contributed by atoms with van der Waals surface area (Å²) >= 11 is 0. The highest BCUT2D eigenvalue weighted by atomic mass is 16.6. The van der Waals surface area contributed by atoms with Crippen molar-refractivity contribution in [3.8, 4) is 0 Å². The van der Waals surface area contributed by atoms with Gasteiger partial charge in [-0.3, -0.25) is 14.4 Å². The molecule has 7 atom stereocenters. The molecule has 3 fully saturated rings. The molecular formula is C33H52O9. The lowest BCUT2D eigenvalue weighted by atomic mass is 9.59. The van der Waals surface area contributed by atoms with E-state index in [4.69, 9.17) is 28.4 Å². The van der Waals surface area contributed by atoms with E-state index in [-0.39, 0.29) is 72.1 Å². The molecule has 7 unspecified atom stereocenters. The maximum Gasteiger partial charge on any atom is 0.310 e. The van der Waals surface area contributed by atoms with Crippen molar-refractivity contribution in [2.75, 3.05) is 39.6 Å². The Balaban J connectivity index is 1.46. The van der Waals surface area contributed by atoms with Gasteiger partial charge in [-0.15, -0.1) is 0 Å². The number of ether oxygens (including phenoxy) is 6. The van der Waals surface area contributed by atoms with Crippen molar-refractivity contribution < 1.29 is 42.8 Å². The first-order valence-corrected chi connectivity index (χ1v) is 16.0. The Hall–Kier alpha value is -1.97. The minimum Gasteiger partial charge on any atom is -0.463 e. The highest BCUT2D eigenvalue weighted by Gasteiger charge is 2.51. The first kappa shape index (κ1) is 32.9. The summed E-state index contributed by atoms with van der Waals surface area (Å²) in [5.41, 5.74) is -0.417. The minimum atomic E-state index is -0.647. The Morgan fingerprint density at radius 2 is 1.29 bits per heavy atom. The number of hydrogen-bond acceptors (Lipinski definition) is 9. The Morgan fingerprint density at radius 3 is 1.83 bits per heavy atom. The topological polar surface area (TPSA) is 116 Å². The zero-order chi connectivity index (χ0) is 30.3. The van der Waals surface area contributed by atoms with Gasteiger partial charge in [-0.05, 0) is 48.3 Å². The molecule has 9 nitrogen and oxygen atoms in total. The number of unbranched alkanes of at least 4 members (excludes halogenated alkanes) is 2. The number of esters is 3.